The lowest BCUT2D eigenvalue weighted by atomic mass is 9.85. The molecule has 0 spiro atoms. The molecule has 1 fully saturated rings. The van der Waals surface area contributed by atoms with Crippen LogP contribution >= 0.6 is 11.8 Å². The fraction of sp³-hybridized carbons (Fsp3) is 0.348. The van der Waals surface area contributed by atoms with Crippen LogP contribution in [0.15, 0.2) is 52.7 Å². The molecule has 1 aromatic carbocycles. The third-order valence-corrected chi connectivity index (χ3v) is 7.06. The van der Waals surface area contributed by atoms with E-state index in [1.165, 1.54) is 31.0 Å². The average molecular weight is 464 g/mol. The summed E-state index contributed by atoms with van der Waals surface area (Å²) in [6.45, 7) is 2.28. The molecule has 2 atom stereocenters. The molecule has 1 aliphatic carbocycles. The summed E-state index contributed by atoms with van der Waals surface area (Å²) in [6, 6.07) is 9.44. The van der Waals surface area contributed by atoms with Crippen molar-refractivity contribution in [1.82, 2.24) is 29.7 Å². The minimum atomic E-state index is -0.273. The summed E-state index contributed by atoms with van der Waals surface area (Å²) in [4.78, 5) is 33.8. The molecule has 10 heteroatoms. The van der Waals surface area contributed by atoms with Crippen LogP contribution in [0.2, 0.25) is 0 Å². The van der Waals surface area contributed by atoms with Crippen molar-refractivity contribution in [1.29, 1.82) is 0 Å². The third-order valence-electron chi connectivity index (χ3n) is 6.11. The highest BCUT2D eigenvalue weighted by Gasteiger charge is 2.29. The van der Waals surface area contributed by atoms with Crippen molar-refractivity contribution in [3.05, 3.63) is 53.2 Å². The molecule has 1 saturated carbocycles. The Morgan fingerprint density at radius 1 is 1.18 bits per heavy atom. The summed E-state index contributed by atoms with van der Waals surface area (Å²) >= 11 is 1.39. The maximum Gasteiger partial charge on any atom is 0.323 e. The van der Waals surface area contributed by atoms with E-state index in [0.717, 1.165) is 23.0 Å². The lowest BCUT2D eigenvalue weighted by molar-refractivity contribution is -0.113. The molecule has 3 heterocycles. The van der Waals surface area contributed by atoms with Crippen molar-refractivity contribution < 1.29 is 4.79 Å². The molecule has 9 nitrogen and oxygen atoms in total. The van der Waals surface area contributed by atoms with E-state index in [-0.39, 0.29) is 17.3 Å². The topological polar surface area (TPSA) is 121 Å². The van der Waals surface area contributed by atoms with Crippen molar-refractivity contribution in [3.63, 3.8) is 0 Å². The highest BCUT2D eigenvalue weighted by atomic mass is 32.2. The molecule has 0 bridgehead atoms. The van der Waals surface area contributed by atoms with Gasteiger partial charge in [0, 0.05) is 29.7 Å². The lowest BCUT2D eigenvalue weighted by Gasteiger charge is -2.31. The average Bonchev–Trinajstić information content (AvgIpc) is 3.41. The van der Waals surface area contributed by atoms with Gasteiger partial charge < -0.3 is 15.3 Å². The monoisotopic (exact) mass is 463 g/mol. The number of amides is 1. The van der Waals surface area contributed by atoms with Crippen molar-refractivity contribution in [2.24, 2.45) is 5.92 Å². The number of fused-ring (bicyclic) bond motifs is 1. The quantitative estimate of drug-likeness (QED) is 0.372. The first kappa shape index (κ1) is 21.4. The molecular weight excluding hydrogens is 438 g/mol. The first-order valence-electron chi connectivity index (χ1n) is 11.1. The number of aromatic nitrogens is 6. The van der Waals surface area contributed by atoms with Gasteiger partial charge in [-0.15, -0.1) is 10.2 Å². The highest BCUT2D eigenvalue weighted by molar-refractivity contribution is 7.99. The zero-order valence-corrected chi connectivity index (χ0v) is 19.1. The molecule has 3 aromatic heterocycles. The molecule has 5 rings (SSSR count). The Bertz CT molecular complexity index is 1330. The van der Waals surface area contributed by atoms with Crippen LogP contribution in [0.1, 0.15) is 38.6 Å². The van der Waals surface area contributed by atoms with Gasteiger partial charge >= 0.3 is 5.69 Å². The summed E-state index contributed by atoms with van der Waals surface area (Å²) in [5.74, 6) is 1.36. The second-order valence-corrected chi connectivity index (χ2v) is 9.37. The van der Waals surface area contributed by atoms with Gasteiger partial charge in [0.1, 0.15) is 0 Å². The number of pyridine rings is 1. The van der Waals surface area contributed by atoms with Gasteiger partial charge in [0.25, 0.3) is 0 Å². The van der Waals surface area contributed by atoms with Crippen LogP contribution < -0.4 is 11.0 Å². The van der Waals surface area contributed by atoms with E-state index in [0.29, 0.717) is 28.7 Å². The SMILES string of the molecule is CC1CCCCC1n1c(SCC(=O)Nc2ccc3[nH]c(=O)[nH]c3c2)nnc1-c1cccnc1. The number of imidazole rings is 1. The van der Waals surface area contributed by atoms with Gasteiger partial charge in [-0.05, 0) is 49.1 Å². The summed E-state index contributed by atoms with van der Waals surface area (Å²) in [5.41, 5.74) is 2.63. The summed E-state index contributed by atoms with van der Waals surface area (Å²) in [5, 5.41) is 12.6. The maximum atomic E-state index is 12.7. The second-order valence-electron chi connectivity index (χ2n) is 8.42. The van der Waals surface area contributed by atoms with Crippen LogP contribution in [0.3, 0.4) is 0 Å². The Balaban J connectivity index is 1.35. The zero-order valence-electron chi connectivity index (χ0n) is 18.2. The fourth-order valence-corrected chi connectivity index (χ4v) is 5.28. The van der Waals surface area contributed by atoms with Crippen LogP contribution in [-0.2, 0) is 4.79 Å². The van der Waals surface area contributed by atoms with E-state index in [1.54, 1.807) is 30.6 Å². The molecule has 33 heavy (non-hydrogen) atoms. The number of nitrogens with one attached hydrogen (secondary N) is 3. The number of H-pyrrole nitrogens is 2. The zero-order chi connectivity index (χ0) is 22.8. The summed E-state index contributed by atoms with van der Waals surface area (Å²) in [7, 11) is 0. The van der Waals surface area contributed by atoms with Crippen LogP contribution in [0, 0.1) is 5.92 Å². The Morgan fingerprint density at radius 2 is 2.03 bits per heavy atom. The van der Waals surface area contributed by atoms with E-state index in [2.05, 4.69) is 42.0 Å². The van der Waals surface area contributed by atoms with Gasteiger partial charge in [-0.2, -0.15) is 0 Å². The fourth-order valence-electron chi connectivity index (χ4n) is 4.48. The minimum absolute atomic E-state index is 0.147. The molecule has 170 valence electrons. The molecule has 0 saturated heterocycles. The van der Waals surface area contributed by atoms with Crippen LogP contribution in [0.25, 0.3) is 22.4 Å². The number of carbonyl (C=O) groups is 1. The number of hydrogen-bond donors (Lipinski definition) is 3. The Morgan fingerprint density at radius 3 is 2.85 bits per heavy atom. The first-order valence-corrected chi connectivity index (χ1v) is 12.1. The van der Waals surface area contributed by atoms with Crippen LogP contribution in [-0.4, -0.2) is 41.4 Å². The van der Waals surface area contributed by atoms with Crippen molar-refractivity contribution in [3.8, 4) is 11.4 Å². The van der Waals surface area contributed by atoms with Gasteiger partial charge in [0.2, 0.25) is 5.91 Å². The van der Waals surface area contributed by atoms with E-state index in [1.807, 2.05) is 12.1 Å². The second kappa shape index (κ2) is 9.22. The molecule has 0 radical (unpaired) electrons. The summed E-state index contributed by atoms with van der Waals surface area (Å²) < 4.78 is 2.20. The number of hydrogen-bond acceptors (Lipinski definition) is 6. The molecule has 4 aromatic rings. The van der Waals surface area contributed by atoms with Gasteiger partial charge in [0.05, 0.1) is 16.8 Å². The predicted molar refractivity (Wildman–Crippen MR) is 128 cm³/mol. The number of nitrogens with zero attached hydrogens (tertiary/aromatic N) is 4. The molecule has 1 amide bonds. The summed E-state index contributed by atoms with van der Waals surface area (Å²) in [6.07, 6.45) is 8.20. The van der Waals surface area contributed by atoms with Gasteiger partial charge in [-0.3, -0.25) is 14.3 Å². The van der Waals surface area contributed by atoms with Crippen molar-refractivity contribution in [2.75, 3.05) is 11.1 Å². The standard InChI is InChI=1S/C23H25N7O2S/c1-14-5-2-3-7-19(14)30-21(15-6-4-10-24-12-15)28-29-23(30)33-13-20(31)25-16-8-9-17-18(11-16)27-22(32)26-17/h4,6,8-12,14,19H,2-3,5,7,13H2,1H3,(H,25,31)(H2,26,27,32). The predicted octanol–water partition coefficient (Wildman–Crippen LogP) is 3.99. The maximum absolute atomic E-state index is 12.7. The normalized spacial score (nSPS) is 18.5. The Hall–Kier alpha value is -3.40. The van der Waals surface area contributed by atoms with Gasteiger partial charge in [-0.25, -0.2) is 4.79 Å². The Labute approximate surface area is 194 Å². The molecule has 3 N–H and O–H groups in total. The number of thioether (sulfide) groups is 1. The first-order chi connectivity index (χ1) is 16.1. The van der Waals surface area contributed by atoms with Crippen molar-refractivity contribution >= 4 is 34.4 Å². The smallest absolute Gasteiger partial charge is 0.323 e. The third kappa shape index (κ3) is 4.56. The van der Waals surface area contributed by atoms with Crippen molar-refractivity contribution in [2.45, 2.75) is 43.8 Å². The number of benzene rings is 1. The number of anilines is 1. The minimum Gasteiger partial charge on any atom is -0.325 e. The molecular formula is C23H25N7O2S. The molecule has 0 aliphatic heterocycles. The van der Waals surface area contributed by atoms with Crippen LogP contribution in [0.4, 0.5) is 5.69 Å². The molecule has 1 aliphatic rings. The number of aromatic amines is 2. The largest absolute Gasteiger partial charge is 0.325 e. The van der Waals surface area contributed by atoms with E-state index >= 15 is 0 Å². The van der Waals surface area contributed by atoms with Gasteiger partial charge in [0.15, 0.2) is 11.0 Å². The number of carbonyl (C=O) groups excluding carboxylic acids is 1. The van der Waals surface area contributed by atoms with E-state index in [9.17, 15) is 9.59 Å². The van der Waals surface area contributed by atoms with Gasteiger partial charge in [-0.1, -0.05) is 31.5 Å². The molecule has 2 unspecified atom stereocenters. The number of rotatable bonds is 6. The lowest BCUT2D eigenvalue weighted by Crippen LogP contribution is -2.23. The van der Waals surface area contributed by atoms with E-state index in [4.69, 9.17) is 0 Å². The van der Waals surface area contributed by atoms with Crippen LogP contribution in [0.5, 0.6) is 0 Å². The van der Waals surface area contributed by atoms with E-state index < -0.39 is 0 Å². The highest BCUT2D eigenvalue weighted by Crippen LogP contribution is 2.38. The Kier molecular flexibility index (Phi) is 5.99.